The number of hydrogen-bond acceptors (Lipinski definition) is 7. The molecule has 0 radical (unpaired) electrons. The van der Waals surface area contributed by atoms with E-state index in [2.05, 4.69) is 21.4 Å². The van der Waals surface area contributed by atoms with Gasteiger partial charge in [0.15, 0.2) is 0 Å². The average molecular weight is 386 g/mol. The number of carbonyl (C=O) groups excluding carboxylic acids is 1. The van der Waals surface area contributed by atoms with E-state index in [0.29, 0.717) is 26.3 Å². The Labute approximate surface area is 164 Å². The Bertz CT molecular complexity index is 1230. The zero-order chi connectivity index (χ0) is 19.7. The highest BCUT2D eigenvalue weighted by Crippen LogP contribution is 2.42. The minimum Gasteiger partial charge on any atom is -0.397 e. The molecule has 1 amide bonds. The summed E-state index contributed by atoms with van der Waals surface area (Å²) < 4.78 is 0. The second-order valence-electron chi connectivity index (χ2n) is 5.95. The Morgan fingerprint density at radius 2 is 1.93 bits per heavy atom. The molecule has 7 nitrogen and oxygen atoms in total. The SMILES string of the molecule is N#Cc1c(N)nc2sc(C(=O)Nc3cccnc3)c(N)c2c1-c1ccccc1. The van der Waals surface area contributed by atoms with Gasteiger partial charge in [-0.25, -0.2) is 4.98 Å². The van der Waals surface area contributed by atoms with E-state index in [1.54, 1.807) is 24.5 Å². The molecule has 0 aliphatic rings. The van der Waals surface area contributed by atoms with E-state index >= 15 is 0 Å². The molecule has 3 aromatic heterocycles. The molecule has 0 aliphatic heterocycles. The van der Waals surface area contributed by atoms with E-state index in [4.69, 9.17) is 11.5 Å². The fourth-order valence-corrected chi connectivity index (χ4v) is 3.98. The quantitative estimate of drug-likeness (QED) is 0.492. The molecule has 0 unspecified atom stereocenters. The van der Waals surface area contributed by atoms with E-state index in [9.17, 15) is 10.1 Å². The van der Waals surface area contributed by atoms with Gasteiger partial charge in [-0.2, -0.15) is 5.26 Å². The molecule has 0 atom stereocenters. The summed E-state index contributed by atoms with van der Waals surface area (Å²) in [5.74, 6) is -0.265. The zero-order valence-corrected chi connectivity index (χ0v) is 15.3. The van der Waals surface area contributed by atoms with Gasteiger partial charge in [-0.1, -0.05) is 30.3 Å². The van der Waals surface area contributed by atoms with E-state index < -0.39 is 0 Å². The third-order valence-corrected chi connectivity index (χ3v) is 5.30. The summed E-state index contributed by atoms with van der Waals surface area (Å²) in [7, 11) is 0. The van der Waals surface area contributed by atoms with Crippen LogP contribution in [0.4, 0.5) is 17.2 Å². The summed E-state index contributed by atoms with van der Waals surface area (Å²) in [6, 6.07) is 14.9. The van der Waals surface area contributed by atoms with Gasteiger partial charge >= 0.3 is 0 Å². The number of amides is 1. The number of anilines is 3. The van der Waals surface area contributed by atoms with Crippen LogP contribution < -0.4 is 16.8 Å². The highest BCUT2D eigenvalue weighted by Gasteiger charge is 2.24. The predicted octanol–water partition coefficient (Wildman–Crippen LogP) is 3.65. The van der Waals surface area contributed by atoms with Gasteiger partial charge in [0.25, 0.3) is 5.91 Å². The van der Waals surface area contributed by atoms with Gasteiger partial charge in [0.05, 0.1) is 17.6 Å². The number of nitrogens with two attached hydrogens (primary N) is 2. The standard InChI is InChI=1S/C20H14N6OS/c21-9-13-14(11-5-2-1-3-6-11)15-16(22)17(28-20(15)26-18(13)23)19(27)25-12-7-4-8-24-10-12/h1-8,10H,22H2,(H2,23,26)(H,25,27). The molecule has 5 N–H and O–H groups in total. The van der Waals surface area contributed by atoms with Crippen molar-refractivity contribution in [2.24, 2.45) is 0 Å². The van der Waals surface area contributed by atoms with Crippen molar-refractivity contribution in [2.45, 2.75) is 0 Å². The third-order valence-electron chi connectivity index (χ3n) is 4.20. The minimum absolute atomic E-state index is 0.106. The Hall–Kier alpha value is -3.96. The topological polar surface area (TPSA) is 131 Å². The van der Waals surface area contributed by atoms with Gasteiger partial charge in [-0.3, -0.25) is 9.78 Å². The molecule has 0 fully saturated rings. The van der Waals surface area contributed by atoms with Crippen LogP contribution in [0.1, 0.15) is 15.2 Å². The van der Waals surface area contributed by atoms with Crippen LogP contribution >= 0.6 is 11.3 Å². The highest BCUT2D eigenvalue weighted by atomic mass is 32.1. The molecule has 0 aliphatic carbocycles. The molecule has 1 aromatic carbocycles. The van der Waals surface area contributed by atoms with Crippen molar-refractivity contribution in [3.63, 3.8) is 0 Å². The van der Waals surface area contributed by atoms with Crippen LogP contribution in [0.15, 0.2) is 54.9 Å². The van der Waals surface area contributed by atoms with E-state index in [-0.39, 0.29) is 23.0 Å². The molecule has 8 heteroatoms. The first-order valence-electron chi connectivity index (χ1n) is 8.28. The van der Waals surface area contributed by atoms with Gasteiger partial charge in [-0.15, -0.1) is 11.3 Å². The maximum Gasteiger partial charge on any atom is 0.267 e. The minimum atomic E-state index is -0.371. The fraction of sp³-hybridized carbons (Fsp3) is 0. The molecule has 3 heterocycles. The molecule has 0 saturated heterocycles. The normalized spacial score (nSPS) is 10.5. The van der Waals surface area contributed by atoms with Crippen molar-refractivity contribution < 1.29 is 4.79 Å². The van der Waals surface area contributed by atoms with Crippen LogP contribution in [0, 0.1) is 11.3 Å². The lowest BCUT2D eigenvalue weighted by Gasteiger charge is -2.09. The van der Waals surface area contributed by atoms with Gasteiger partial charge in [-0.05, 0) is 17.7 Å². The van der Waals surface area contributed by atoms with Crippen molar-refractivity contribution in [3.05, 3.63) is 65.3 Å². The van der Waals surface area contributed by atoms with Crippen LogP contribution in [0.25, 0.3) is 21.3 Å². The lowest BCUT2D eigenvalue weighted by atomic mass is 9.97. The Balaban J connectivity index is 1.92. The van der Waals surface area contributed by atoms with E-state index in [1.165, 1.54) is 0 Å². The number of nitriles is 1. The summed E-state index contributed by atoms with van der Waals surface area (Å²) in [6.07, 6.45) is 3.16. The average Bonchev–Trinajstić information content (AvgIpc) is 3.04. The van der Waals surface area contributed by atoms with Crippen LogP contribution in [0.2, 0.25) is 0 Å². The number of thiophene rings is 1. The lowest BCUT2D eigenvalue weighted by molar-refractivity contribution is 0.103. The monoisotopic (exact) mass is 386 g/mol. The number of pyridine rings is 2. The number of hydrogen-bond donors (Lipinski definition) is 3. The summed E-state index contributed by atoms with van der Waals surface area (Å²) >= 11 is 1.14. The predicted molar refractivity (Wildman–Crippen MR) is 111 cm³/mol. The maximum atomic E-state index is 12.8. The van der Waals surface area contributed by atoms with Gasteiger partial charge in [0.1, 0.15) is 27.2 Å². The number of fused-ring (bicyclic) bond motifs is 1. The summed E-state index contributed by atoms with van der Waals surface area (Å²) in [5.41, 5.74) is 14.8. The second kappa shape index (κ2) is 6.98. The number of aromatic nitrogens is 2. The number of carbonyl (C=O) groups is 1. The highest BCUT2D eigenvalue weighted by molar-refractivity contribution is 7.21. The van der Waals surface area contributed by atoms with Crippen LogP contribution in [0.3, 0.4) is 0 Å². The molecule has 4 rings (SSSR count). The van der Waals surface area contributed by atoms with Crippen molar-refractivity contribution in [3.8, 4) is 17.2 Å². The third kappa shape index (κ3) is 2.90. The molecular weight excluding hydrogens is 372 g/mol. The number of benzene rings is 1. The van der Waals surface area contributed by atoms with Gasteiger partial charge in [0, 0.05) is 17.1 Å². The zero-order valence-electron chi connectivity index (χ0n) is 14.5. The molecule has 0 bridgehead atoms. The summed E-state index contributed by atoms with van der Waals surface area (Å²) in [6.45, 7) is 0. The molecule has 0 saturated carbocycles. The Morgan fingerprint density at radius 3 is 2.61 bits per heavy atom. The fourth-order valence-electron chi connectivity index (χ4n) is 2.97. The number of nitrogens with zero attached hydrogens (tertiary/aromatic N) is 3. The number of rotatable bonds is 3. The van der Waals surface area contributed by atoms with Crippen LogP contribution in [-0.4, -0.2) is 15.9 Å². The first-order chi connectivity index (χ1) is 13.6. The number of nitrogens with one attached hydrogen (secondary N) is 1. The van der Waals surface area contributed by atoms with Crippen molar-refractivity contribution in [1.82, 2.24) is 9.97 Å². The molecular formula is C20H14N6OS. The van der Waals surface area contributed by atoms with Crippen molar-refractivity contribution in [1.29, 1.82) is 5.26 Å². The summed E-state index contributed by atoms with van der Waals surface area (Å²) in [4.78, 5) is 21.8. The summed E-state index contributed by atoms with van der Waals surface area (Å²) in [5, 5.41) is 12.9. The van der Waals surface area contributed by atoms with Crippen molar-refractivity contribution in [2.75, 3.05) is 16.8 Å². The molecule has 28 heavy (non-hydrogen) atoms. The van der Waals surface area contributed by atoms with Crippen LogP contribution in [-0.2, 0) is 0 Å². The van der Waals surface area contributed by atoms with Crippen molar-refractivity contribution >= 4 is 44.7 Å². The lowest BCUT2D eigenvalue weighted by Crippen LogP contribution is -2.12. The molecule has 0 spiro atoms. The first kappa shape index (κ1) is 17.5. The molecule has 4 aromatic rings. The first-order valence-corrected chi connectivity index (χ1v) is 9.10. The van der Waals surface area contributed by atoms with Gasteiger partial charge in [0.2, 0.25) is 0 Å². The smallest absolute Gasteiger partial charge is 0.267 e. The maximum absolute atomic E-state index is 12.8. The van der Waals surface area contributed by atoms with E-state index in [0.717, 1.165) is 16.9 Å². The largest absolute Gasteiger partial charge is 0.397 e. The Morgan fingerprint density at radius 1 is 1.14 bits per heavy atom. The van der Waals surface area contributed by atoms with Gasteiger partial charge < -0.3 is 16.8 Å². The number of nitrogen functional groups attached to an aromatic ring is 2. The van der Waals surface area contributed by atoms with Crippen LogP contribution in [0.5, 0.6) is 0 Å². The second-order valence-corrected chi connectivity index (χ2v) is 6.94. The Kier molecular flexibility index (Phi) is 4.35. The van der Waals surface area contributed by atoms with E-state index in [1.807, 2.05) is 30.3 Å². The molecule has 136 valence electrons.